The second-order valence-electron chi connectivity index (χ2n) is 7.52. The highest BCUT2D eigenvalue weighted by atomic mass is 16.5. The molecule has 1 unspecified atom stereocenters. The van der Waals surface area contributed by atoms with Crippen LogP contribution in [0.25, 0.3) is 11.0 Å². The van der Waals surface area contributed by atoms with E-state index >= 15 is 0 Å². The smallest absolute Gasteiger partial charge is 0.223 e. The van der Waals surface area contributed by atoms with Gasteiger partial charge < -0.3 is 14.6 Å². The van der Waals surface area contributed by atoms with Crippen molar-refractivity contribution in [2.24, 2.45) is 5.92 Å². The van der Waals surface area contributed by atoms with E-state index in [1.165, 1.54) is 5.56 Å². The molecule has 0 radical (unpaired) electrons. The normalized spacial score (nSPS) is 12.3. The summed E-state index contributed by atoms with van der Waals surface area (Å²) in [6.07, 6.45) is 1.69. The molecule has 1 aromatic heterocycles. The van der Waals surface area contributed by atoms with Crippen LogP contribution in [0.1, 0.15) is 51.0 Å². The first kappa shape index (κ1) is 20.9. The Kier molecular flexibility index (Phi) is 6.91. The van der Waals surface area contributed by atoms with Gasteiger partial charge in [-0.3, -0.25) is 4.79 Å². The molecule has 0 saturated heterocycles. The van der Waals surface area contributed by atoms with Gasteiger partial charge in [0.05, 0.1) is 23.6 Å². The van der Waals surface area contributed by atoms with Crippen molar-refractivity contribution in [1.29, 1.82) is 0 Å². The van der Waals surface area contributed by atoms with Crippen LogP contribution in [0.15, 0.2) is 48.5 Å². The quantitative estimate of drug-likeness (QED) is 0.554. The van der Waals surface area contributed by atoms with Gasteiger partial charge in [-0.15, -0.1) is 0 Å². The zero-order valence-electron chi connectivity index (χ0n) is 17.8. The Morgan fingerprint density at radius 2 is 1.79 bits per heavy atom. The molecule has 5 nitrogen and oxygen atoms in total. The number of imidazole rings is 1. The number of carbonyl (C=O) groups excluding carboxylic acids is 1. The number of nitrogens with zero attached hydrogens (tertiary/aromatic N) is 2. The lowest BCUT2D eigenvalue weighted by molar-refractivity contribution is -0.125. The number of para-hydroxylation sites is 2. The average molecular weight is 394 g/mol. The fourth-order valence-corrected chi connectivity index (χ4v) is 3.60. The summed E-state index contributed by atoms with van der Waals surface area (Å²) in [5, 5.41) is 3.15. The first-order valence-electron chi connectivity index (χ1n) is 10.5. The summed E-state index contributed by atoms with van der Waals surface area (Å²) in [6.45, 7) is 9.36. The molecule has 0 saturated carbocycles. The minimum Gasteiger partial charge on any atom is -0.492 e. The van der Waals surface area contributed by atoms with Crippen LogP contribution in [0, 0.1) is 12.8 Å². The molecule has 1 N–H and O–H groups in total. The maximum Gasteiger partial charge on any atom is 0.223 e. The van der Waals surface area contributed by atoms with Crippen molar-refractivity contribution in [2.45, 2.75) is 53.1 Å². The van der Waals surface area contributed by atoms with Gasteiger partial charge in [-0.2, -0.15) is 0 Å². The van der Waals surface area contributed by atoms with E-state index in [9.17, 15) is 4.79 Å². The summed E-state index contributed by atoms with van der Waals surface area (Å²) in [7, 11) is 0. The number of benzene rings is 2. The Morgan fingerprint density at radius 1 is 1.10 bits per heavy atom. The van der Waals surface area contributed by atoms with Crippen LogP contribution < -0.4 is 10.1 Å². The fraction of sp³-hybridized carbons (Fsp3) is 0.417. The SMILES string of the molecule is CCC(CC)C(=O)NC(C)c1nc2ccccc2n1CCOc1ccc(C)cc1. The van der Waals surface area contributed by atoms with E-state index in [1.54, 1.807) is 0 Å². The lowest BCUT2D eigenvalue weighted by Crippen LogP contribution is -2.33. The molecule has 3 aromatic rings. The van der Waals surface area contributed by atoms with Gasteiger partial charge >= 0.3 is 0 Å². The number of fused-ring (bicyclic) bond motifs is 1. The molecule has 1 heterocycles. The van der Waals surface area contributed by atoms with Gasteiger partial charge in [-0.25, -0.2) is 4.98 Å². The highest BCUT2D eigenvalue weighted by Crippen LogP contribution is 2.22. The number of amides is 1. The molecule has 0 fully saturated rings. The molecule has 0 spiro atoms. The molecule has 5 heteroatoms. The zero-order chi connectivity index (χ0) is 20.8. The first-order chi connectivity index (χ1) is 14.0. The van der Waals surface area contributed by atoms with E-state index in [0.717, 1.165) is 35.4 Å². The average Bonchev–Trinajstić information content (AvgIpc) is 3.09. The summed E-state index contributed by atoms with van der Waals surface area (Å²) in [5.41, 5.74) is 3.20. The molecular weight excluding hydrogens is 362 g/mol. The third kappa shape index (κ3) is 4.97. The van der Waals surface area contributed by atoms with Crippen LogP contribution in [-0.4, -0.2) is 22.1 Å². The van der Waals surface area contributed by atoms with E-state index in [1.807, 2.05) is 49.4 Å². The van der Waals surface area contributed by atoms with E-state index < -0.39 is 0 Å². The lowest BCUT2D eigenvalue weighted by Gasteiger charge is -2.19. The van der Waals surface area contributed by atoms with Crippen molar-refractivity contribution in [3.63, 3.8) is 0 Å². The number of hydrogen-bond donors (Lipinski definition) is 1. The van der Waals surface area contributed by atoms with E-state index in [4.69, 9.17) is 9.72 Å². The molecule has 1 atom stereocenters. The van der Waals surface area contributed by atoms with Gasteiger partial charge in [0.15, 0.2) is 0 Å². The van der Waals surface area contributed by atoms with E-state index in [0.29, 0.717) is 13.2 Å². The molecule has 3 rings (SSSR count). The van der Waals surface area contributed by atoms with Gasteiger partial charge in [0.25, 0.3) is 0 Å². The van der Waals surface area contributed by atoms with Crippen molar-refractivity contribution in [1.82, 2.24) is 14.9 Å². The Labute approximate surface area is 173 Å². The van der Waals surface area contributed by atoms with Gasteiger partial charge in [-0.1, -0.05) is 43.7 Å². The predicted octanol–water partition coefficient (Wildman–Crippen LogP) is 5.04. The summed E-state index contributed by atoms with van der Waals surface area (Å²) in [6, 6.07) is 16.0. The van der Waals surface area contributed by atoms with Crippen LogP contribution >= 0.6 is 0 Å². The van der Waals surface area contributed by atoms with Crippen LogP contribution in [0.5, 0.6) is 5.75 Å². The number of ether oxygens (including phenoxy) is 1. The monoisotopic (exact) mass is 393 g/mol. The van der Waals surface area contributed by atoms with Gasteiger partial charge in [0.1, 0.15) is 18.2 Å². The Morgan fingerprint density at radius 3 is 2.48 bits per heavy atom. The number of aromatic nitrogens is 2. The molecule has 0 bridgehead atoms. The van der Waals surface area contributed by atoms with Gasteiger partial charge in [-0.05, 0) is 51.0 Å². The van der Waals surface area contributed by atoms with Crippen molar-refractivity contribution in [3.05, 3.63) is 59.9 Å². The van der Waals surface area contributed by atoms with Gasteiger partial charge in [0, 0.05) is 5.92 Å². The van der Waals surface area contributed by atoms with Crippen molar-refractivity contribution >= 4 is 16.9 Å². The predicted molar refractivity (Wildman–Crippen MR) is 117 cm³/mol. The molecule has 0 aliphatic rings. The molecule has 0 aliphatic carbocycles. The Balaban J connectivity index is 1.78. The number of hydrogen-bond acceptors (Lipinski definition) is 3. The topological polar surface area (TPSA) is 56.2 Å². The maximum atomic E-state index is 12.6. The number of aryl methyl sites for hydroxylation is 1. The second kappa shape index (κ2) is 9.59. The Hall–Kier alpha value is -2.82. The van der Waals surface area contributed by atoms with Gasteiger partial charge in [0.2, 0.25) is 5.91 Å². The first-order valence-corrected chi connectivity index (χ1v) is 10.5. The fourth-order valence-electron chi connectivity index (χ4n) is 3.60. The highest BCUT2D eigenvalue weighted by Gasteiger charge is 2.21. The second-order valence-corrected chi connectivity index (χ2v) is 7.52. The van der Waals surface area contributed by atoms with E-state index in [-0.39, 0.29) is 17.9 Å². The van der Waals surface area contributed by atoms with Crippen LogP contribution in [0.2, 0.25) is 0 Å². The molecule has 29 heavy (non-hydrogen) atoms. The summed E-state index contributed by atoms with van der Waals surface area (Å²) < 4.78 is 8.09. The minimum atomic E-state index is -0.171. The lowest BCUT2D eigenvalue weighted by atomic mass is 10.0. The summed E-state index contributed by atoms with van der Waals surface area (Å²) >= 11 is 0. The summed E-state index contributed by atoms with van der Waals surface area (Å²) in [5.74, 6) is 1.85. The van der Waals surface area contributed by atoms with Crippen molar-refractivity contribution < 1.29 is 9.53 Å². The largest absolute Gasteiger partial charge is 0.492 e. The van der Waals surface area contributed by atoms with Crippen LogP contribution in [-0.2, 0) is 11.3 Å². The molecule has 2 aromatic carbocycles. The molecular formula is C24H31N3O2. The molecule has 1 amide bonds. The minimum absolute atomic E-state index is 0.0418. The number of carbonyl (C=O) groups is 1. The molecule has 0 aliphatic heterocycles. The van der Waals surface area contributed by atoms with Crippen molar-refractivity contribution in [3.8, 4) is 5.75 Å². The van der Waals surface area contributed by atoms with Crippen molar-refractivity contribution in [2.75, 3.05) is 6.61 Å². The third-order valence-corrected chi connectivity index (χ3v) is 5.39. The van der Waals surface area contributed by atoms with E-state index in [2.05, 4.69) is 36.7 Å². The molecule has 154 valence electrons. The summed E-state index contributed by atoms with van der Waals surface area (Å²) in [4.78, 5) is 17.4. The van der Waals surface area contributed by atoms with Crippen LogP contribution in [0.3, 0.4) is 0 Å². The number of rotatable bonds is 9. The standard InChI is InChI=1S/C24H31N3O2/c1-5-19(6-2)24(28)25-18(4)23-26-21-9-7-8-10-22(21)27(23)15-16-29-20-13-11-17(3)12-14-20/h7-14,18-19H,5-6,15-16H2,1-4H3,(H,25,28). The third-order valence-electron chi connectivity index (χ3n) is 5.39. The number of nitrogens with one attached hydrogen (secondary N) is 1. The zero-order valence-corrected chi connectivity index (χ0v) is 17.8. The van der Waals surface area contributed by atoms with Crippen LogP contribution in [0.4, 0.5) is 0 Å². The maximum absolute atomic E-state index is 12.6. The Bertz CT molecular complexity index is 942. The highest BCUT2D eigenvalue weighted by molar-refractivity contribution is 5.79.